The summed E-state index contributed by atoms with van der Waals surface area (Å²) in [5.74, 6) is -0.0637. The van der Waals surface area contributed by atoms with E-state index in [1.54, 1.807) is 6.07 Å². The summed E-state index contributed by atoms with van der Waals surface area (Å²) in [7, 11) is -3.49. The molecule has 5 nitrogen and oxygen atoms in total. The van der Waals surface area contributed by atoms with Crippen molar-refractivity contribution in [3.8, 4) is 0 Å². The van der Waals surface area contributed by atoms with Gasteiger partial charge in [0, 0.05) is 25.0 Å². The summed E-state index contributed by atoms with van der Waals surface area (Å²) < 4.78 is 27.2. The molecule has 1 heterocycles. The van der Waals surface area contributed by atoms with E-state index >= 15 is 0 Å². The van der Waals surface area contributed by atoms with Gasteiger partial charge in [0.05, 0.1) is 4.90 Å². The highest BCUT2D eigenvalue weighted by molar-refractivity contribution is 7.89. The molecule has 2 rings (SSSR count). The molecule has 6 heteroatoms. The molecular weight excluding hydrogens is 312 g/mol. The van der Waals surface area contributed by atoms with Crippen molar-refractivity contribution in [2.75, 3.05) is 13.1 Å². The lowest BCUT2D eigenvalue weighted by molar-refractivity contribution is -0.126. The van der Waals surface area contributed by atoms with E-state index in [9.17, 15) is 13.2 Å². The van der Waals surface area contributed by atoms with Crippen molar-refractivity contribution in [3.63, 3.8) is 0 Å². The van der Waals surface area contributed by atoms with E-state index in [0.717, 1.165) is 11.1 Å². The second-order valence-corrected chi connectivity index (χ2v) is 8.52. The van der Waals surface area contributed by atoms with E-state index in [1.165, 1.54) is 4.31 Å². The van der Waals surface area contributed by atoms with Crippen LogP contribution in [0.2, 0.25) is 0 Å². The maximum absolute atomic E-state index is 12.8. The Morgan fingerprint density at radius 1 is 1.22 bits per heavy atom. The Labute approximate surface area is 139 Å². The maximum atomic E-state index is 12.8. The highest BCUT2D eigenvalue weighted by atomic mass is 32.2. The van der Waals surface area contributed by atoms with Crippen molar-refractivity contribution < 1.29 is 13.2 Å². The van der Waals surface area contributed by atoms with Gasteiger partial charge in [-0.05, 0) is 57.7 Å². The molecule has 1 amide bonds. The van der Waals surface area contributed by atoms with Crippen LogP contribution in [0.5, 0.6) is 0 Å². The Morgan fingerprint density at radius 2 is 1.83 bits per heavy atom. The van der Waals surface area contributed by atoms with Gasteiger partial charge in [0.2, 0.25) is 15.9 Å². The van der Waals surface area contributed by atoms with E-state index in [2.05, 4.69) is 5.32 Å². The van der Waals surface area contributed by atoms with Crippen molar-refractivity contribution in [2.24, 2.45) is 5.92 Å². The van der Waals surface area contributed by atoms with Crippen LogP contribution in [-0.4, -0.2) is 37.8 Å². The molecule has 0 radical (unpaired) electrons. The fourth-order valence-electron chi connectivity index (χ4n) is 2.89. The normalized spacial score (nSPS) is 17.4. The largest absolute Gasteiger partial charge is 0.354 e. The Hall–Kier alpha value is -1.40. The van der Waals surface area contributed by atoms with E-state index in [-0.39, 0.29) is 17.9 Å². The van der Waals surface area contributed by atoms with Crippen LogP contribution in [0.25, 0.3) is 0 Å². The van der Waals surface area contributed by atoms with Crippen LogP contribution in [-0.2, 0) is 14.8 Å². The van der Waals surface area contributed by atoms with Gasteiger partial charge in [0.1, 0.15) is 0 Å². The number of nitrogens with one attached hydrogen (secondary N) is 1. The first-order valence-corrected chi connectivity index (χ1v) is 9.53. The average Bonchev–Trinajstić information content (AvgIpc) is 2.49. The number of benzene rings is 1. The molecule has 0 unspecified atom stereocenters. The van der Waals surface area contributed by atoms with Crippen LogP contribution in [0.3, 0.4) is 0 Å². The molecule has 0 atom stereocenters. The van der Waals surface area contributed by atoms with E-state index in [0.29, 0.717) is 30.8 Å². The number of carbonyl (C=O) groups is 1. The third-order valence-electron chi connectivity index (χ3n) is 4.22. The van der Waals surface area contributed by atoms with Crippen molar-refractivity contribution in [1.82, 2.24) is 9.62 Å². The van der Waals surface area contributed by atoms with Gasteiger partial charge < -0.3 is 5.32 Å². The standard InChI is InChI=1S/C17H26N2O3S/c1-12(2)18-17(20)15-7-9-19(10-8-15)23(21,22)16-11-13(3)5-6-14(16)4/h5-6,11-12,15H,7-10H2,1-4H3,(H,18,20). The number of amides is 1. The molecule has 1 aliphatic heterocycles. The summed E-state index contributed by atoms with van der Waals surface area (Å²) >= 11 is 0. The second-order valence-electron chi connectivity index (χ2n) is 6.61. The van der Waals surface area contributed by atoms with E-state index in [4.69, 9.17) is 0 Å². The summed E-state index contributed by atoms with van der Waals surface area (Å²) in [6.45, 7) is 8.35. The summed E-state index contributed by atoms with van der Waals surface area (Å²) in [5, 5.41) is 2.91. The number of carbonyl (C=O) groups excluding carboxylic acids is 1. The topological polar surface area (TPSA) is 66.5 Å². The molecule has 1 aromatic rings. The molecule has 0 saturated carbocycles. The first-order valence-electron chi connectivity index (χ1n) is 8.09. The maximum Gasteiger partial charge on any atom is 0.243 e. The average molecular weight is 338 g/mol. The molecule has 0 aliphatic carbocycles. The van der Waals surface area contributed by atoms with Gasteiger partial charge in [-0.1, -0.05) is 12.1 Å². The van der Waals surface area contributed by atoms with Gasteiger partial charge in [-0.25, -0.2) is 8.42 Å². The zero-order valence-corrected chi connectivity index (χ0v) is 15.1. The molecule has 0 bridgehead atoms. The lowest BCUT2D eigenvalue weighted by Crippen LogP contribution is -2.44. The number of nitrogens with zero attached hydrogens (tertiary/aromatic N) is 1. The Kier molecular flexibility index (Phi) is 5.47. The Bertz CT molecular complexity index is 675. The minimum Gasteiger partial charge on any atom is -0.354 e. The molecule has 1 N–H and O–H groups in total. The zero-order valence-electron chi connectivity index (χ0n) is 14.3. The van der Waals surface area contributed by atoms with Crippen LogP contribution < -0.4 is 5.32 Å². The molecule has 1 saturated heterocycles. The Morgan fingerprint density at radius 3 is 2.39 bits per heavy atom. The van der Waals surface area contributed by atoms with E-state index in [1.807, 2.05) is 39.8 Å². The fraction of sp³-hybridized carbons (Fsp3) is 0.588. The molecular formula is C17H26N2O3S. The first kappa shape index (κ1) is 17.9. The van der Waals surface area contributed by atoms with Gasteiger partial charge in [-0.3, -0.25) is 4.79 Å². The van der Waals surface area contributed by atoms with Crippen LogP contribution >= 0.6 is 0 Å². The predicted octanol–water partition coefficient (Wildman–Crippen LogP) is 2.23. The minimum absolute atomic E-state index is 0.0313. The molecule has 0 spiro atoms. The number of hydrogen-bond donors (Lipinski definition) is 1. The highest BCUT2D eigenvalue weighted by Crippen LogP contribution is 2.26. The zero-order chi connectivity index (χ0) is 17.2. The molecule has 23 heavy (non-hydrogen) atoms. The van der Waals surface area contributed by atoms with Gasteiger partial charge in [0.15, 0.2) is 0 Å². The second kappa shape index (κ2) is 7.01. The minimum atomic E-state index is -3.49. The highest BCUT2D eigenvalue weighted by Gasteiger charge is 2.32. The summed E-state index contributed by atoms with van der Waals surface area (Å²) in [6.07, 6.45) is 1.14. The molecule has 1 aliphatic rings. The molecule has 0 aromatic heterocycles. The van der Waals surface area contributed by atoms with Crippen LogP contribution in [0.15, 0.2) is 23.1 Å². The van der Waals surface area contributed by atoms with Gasteiger partial charge >= 0.3 is 0 Å². The van der Waals surface area contributed by atoms with Crippen LogP contribution in [0.1, 0.15) is 37.8 Å². The van der Waals surface area contributed by atoms with Crippen molar-refractivity contribution >= 4 is 15.9 Å². The van der Waals surface area contributed by atoms with Crippen molar-refractivity contribution in [3.05, 3.63) is 29.3 Å². The monoisotopic (exact) mass is 338 g/mol. The number of aryl methyl sites for hydroxylation is 2. The molecule has 128 valence electrons. The van der Waals surface area contributed by atoms with Crippen molar-refractivity contribution in [2.45, 2.75) is 51.5 Å². The Balaban J connectivity index is 2.10. The predicted molar refractivity (Wildman–Crippen MR) is 90.7 cm³/mol. The number of rotatable bonds is 4. The molecule has 1 fully saturated rings. The fourth-order valence-corrected chi connectivity index (χ4v) is 4.66. The SMILES string of the molecule is Cc1ccc(C)c(S(=O)(=O)N2CCC(C(=O)NC(C)C)CC2)c1. The quantitative estimate of drug-likeness (QED) is 0.915. The summed E-state index contributed by atoms with van der Waals surface area (Å²) in [6, 6.07) is 5.59. The number of hydrogen-bond acceptors (Lipinski definition) is 3. The van der Waals surface area contributed by atoms with Gasteiger partial charge in [-0.2, -0.15) is 4.31 Å². The molecule has 1 aromatic carbocycles. The van der Waals surface area contributed by atoms with Crippen molar-refractivity contribution in [1.29, 1.82) is 0 Å². The van der Waals surface area contributed by atoms with Gasteiger partial charge in [-0.15, -0.1) is 0 Å². The van der Waals surface area contributed by atoms with Crippen LogP contribution in [0.4, 0.5) is 0 Å². The third kappa shape index (κ3) is 4.12. The summed E-state index contributed by atoms with van der Waals surface area (Å²) in [5.41, 5.74) is 1.69. The van der Waals surface area contributed by atoms with Crippen LogP contribution in [0, 0.1) is 19.8 Å². The number of piperidine rings is 1. The smallest absolute Gasteiger partial charge is 0.243 e. The van der Waals surface area contributed by atoms with Gasteiger partial charge in [0.25, 0.3) is 0 Å². The first-order chi connectivity index (χ1) is 10.7. The van der Waals surface area contributed by atoms with E-state index < -0.39 is 10.0 Å². The summed E-state index contributed by atoms with van der Waals surface area (Å²) in [4.78, 5) is 12.4. The lowest BCUT2D eigenvalue weighted by atomic mass is 9.97. The lowest BCUT2D eigenvalue weighted by Gasteiger charge is -2.31. The third-order valence-corrected chi connectivity index (χ3v) is 6.26. The number of sulfonamides is 1.